The first-order chi connectivity index (χ1) is 13.3. The maximum atomic E-state index is 12.4. The summed E-state index contributed by atoms with van der Waals surface area (Å²) in [7, 11) is 1.13. The van der Waals surface area contributed by atoms with Gasteiger partial charge in [-0.1, -0.05) is 12.1 Å². The quantitative estimate of drug-likeness (QED) is 0.658. The molecule has 1 aromatic carbocycles. The second-order valence-electron chi connectivity index (χ2n) is 6.88. The number of ether oxygens (including phenoxy) is 3. The molecule has 2 amide bonds. The Labute approximate surface area is 165 Å². The molecular formula is C18H23F3N2O6. The number of nitrogens with one attached hydrogen (secondary N) is 2. The molecule has 0 fully saturated rings. The van der Waals surface area contributed by atoms with Gasteiger partial charge in [-0.3, -0.25) is 9.59 Å². The van der Waals surface area contributed by atoms with E-state index in [0.717, 1.165) is 19.2 Å². The molecule has 1 atom stereocenters. The van der Waals surface area contributed by atoms with Gasteiger partial charge in [0.1, 0.15) is 17.9 Å². The largest absolute Gasteiger partial charge is 0.573 e. The van der Waals surface area contributed by atoms with Crippen LogP contribution < -0.4 is 15.4 Å². The van der Waals surface area contributed by atoms with Gasteiger partial charge in [0.25, 0.3) is 0 Å². The standard InChI is InChI=1S/C18H23F3N2O6/c1-17(2,3)29-16(26)22-10-14(24)23-13(9-15(25)27-4)11-6-5-7-12(8-11)28-18(19,20)21/h5-8,13H,9-10H2,1-4H3,(H,22,26)(H,23,24)/t13-/m0/s1. The summed E-state index contributed by atoms with van der Waals surface area (Å²) >= 11 is 0. The average molecular weight is 420 g/mol. The molecule has 8 nitrogen and oxygen atoms in total. The van der Waals surface area contributed by atoms with Crippen LogP contribution in [0.15, 0.2) is 24.3 Å². The lowest BCUT2D eigenvalue weighted by molar-refractivity contribution is -0.274. The summed E-state index contributed by atoms with van der Waals surface area (Å²) in [5.74, 6) is -1.89. The van der Waals surface area contributed by atoms with E-state index in [4.69, 9.17) is 4.74 Å². The van der Waals surface area contributed by atoms with Crippen LogP contribution >= 0.6 is 0 Å². The predicted octanol–water partition coefficient (Wildman–Crippen LogP) is 2.83. The second kappa shape index (κ2) is 9.99. The van der Waals surface area contributed by atoms with E-state index >= 15 is 0 Å². The predicted molar refractivity (Wildman–Crippen MR) is 94.9 cm³/mol. The van der Waals surface area contributed by atoms with Crippen LogP contribution in [0.1, 0.15) is 38.8 Å². The maximum Gasteiger partial charge on any atom is 0.573 e. The Morgan fingerprint density at radius 3 is 2.34 bits per heavy atom. The van der Waals surface area contributed by atoms with Crippen molar-refractivity contribution in [2.24, 2.45) is 0 Å². The molecule has 2 N–H and O–H groups in total. The molecule has 0 aliphatic heterocycles. The smallest absolute Gasteiger partial charge is 0.469 e. The van der Waals surface area contributed by atoms with E-state index in [1.165, 1.54) is 12.1 Å². The van der Waals surface area contributed by atoms with Gasteiger partial charge in [0.2, 0.25) is 5.91 Å². The number of methoxy groups -OCH3 is 1. The van der Waals surface area contributed by atoms with Gasteiger partial charge < -0.3 is 24.8 Å². The minimum absolute atomic E-state index is 0.183. The highest BCUT2D eigenvalue weighted by Crippen LogP contribution is 2.27. The molecule has 0 heterocycles. The number of rotatable bonds is 7. The highest BCUT2D eigenvalue weighted by atomic mass is 19.4. The SMILES string of the molecule is COC(=O)C[C@H](NC(=O)CNC(=O)OC(C)(C)C)c1cccc(OC(F)(F)F)c1. The number of esters is 1. The lowest BCUT2D eigenvalue weighted by Gasteiger charge is -2.21. The van der Waals surface area contributed by atoms with Crippen molar-refractivity contribution in [3.8, 4) is 5.75 Å². The lowest BCUT2D eigenvalue weighted by Crippen LogP contribution is -2.41. The van der Waals surface area contributed by atoms with E-state index < -0.39 is 48.3 Å². The second-order valence-corrected chi connectivity index (χ2v) is 6.88. The van der Waals surface area contributed by atoms with Crippen molar-refractivity contribution >= 4 is 18.0 Å². The summed E-state index contributed by atoms with van der Waals surface area (Å²) in [6, 6.07) is 3.82. The molecule has 29 heavy (non-hydrogen) atoms. The van der Waals surface area contributed by atoms with E-state index in [1.807, 2.05) is 0 Å². The zero-order valence-corrected chi connectivity index (χ0v) is 16.4. The van der Waals surface area contributed by atoms with Crippen molar-refractivity contribution in [1.82, 2.24) is 10.6 Å². The Balaban J connectivity index is 2.85. The van der Waals surface area contributed by atoms with Gasteiger partial charge in [0.05, 0.1) is 19.6 Å². The zero-order chi connectivity index (χ0) is 22.2. The third kappa shape index (κ3) is 10.2. The molecule has 0 aliphatic carbocycles. The number of amides is 2. The minimum Gasteiger partial charge on any atom is -0.469 e. The number of hydrogen-bond acceptors (Lipinski definition) is 6. The molecule has 11 heteroatoms. The lowest BCUT2D eigenvalue weighted by atomic mass is 10.0. The van der Waals surface area contributed by atoms with Gasteiger partial charge in [-0.25, -0.2) is 4.79 Å². The van der Waals surface area contributed by atoms with Crippen LogP contribution in [0.5, 0.6) is 5.75 Å². The number of benzene rings is 1. The van der Waals surface area contributed by atoms with E-state index in [9.17, 15) is 27.6 Å². The van der Waals surface area contributed by atoms with Crippen molar-refractivity contribution in [3.05, 3.63) is 29.8 Å². The third-order valence-electron chi connectivity index (χ3n) is 3.22. The van der Waals surface area contributed by atoms with E-state index in [-0.39, 0.29) is 12.0 Å². The molecule has 0 saturated heterocycles. The van der Waals surface area contributed by atoms with Crippen LogP contribution in [0.3, 0.4) is 0 Å². The summed E-state index contributed by atoms with van der Waals surface area (Å²) in [4.78, 5) is 35.4. The van der Waals surface area contributed by atoms with Gasteiger partial charge in [-0.15, -0.1) is 13.2 Å². The fraction of sp³-hybridized carbons (Fsp3) is 0.500. The Kier molecular flexibility index (Phi) is 8.28. The number of halogens is 3. The highest BCUT2D eigenvalue weighted by Gasteiger charge is 2.31. The fourth-order valence-corrected chi connectivity index (χ4v) is 2.14. The summed E-state index contributed by atoms with van der Waals surface area (Å²) in [6.45, 7) is 4.48. The molecule has 0 unspecified atom stereocenters. The topological polar surface area (TPSA) is 103 Å². The van der Waals surface area contributed by atoms with Crippen LogP contribution in [0.25, 0.3) is 0 Å². The normalized spacial score (nSPS) is 12.5. The van der Waals surface area contributed by atoms with Gasteiger partial charge >= 0.3 is 18.4 Å². The Bertz CT molecular complexity index is 731. The van der Waals surface area contributed by atoms with E-state index in [0.29, 0.717) is 0 Å². The number of carbonyl (C=O) groups excluding carboxylic acids is 3. The van der Waals surface area contributed by atoms with Crippen molar-refractivity contribution in [2.75, 3.05) is 13.7 Å². The maximum absolute atomic E-state index is 12.4. The first-order valence-electron chi connectivity index (χ1n) is 8.48. The summed E-state index contributed by atoms with van der Waals surface area (Å²) < 4.78 is 50.7. The molecule has 0 aromatic heterocycles. The number of alkyl halides is 3. The van der Waals surface area contributed by atoms with Crippen LogP contribution in [0.4, 0.5) is 18.0 Å². The first-order valence-corrected chi connectivity index (χ1v) is 8.48. The Morgan fingerprint density at radius 1 is 1.14 bits per heavy atom. The van der Waals surface area contributed by atoms with Crippen molar-refractivity contribution in [2.45, 2.75) is 45.2 Å². The van der Waals surface area contributed by atoms with Crippen LogP contribution in [0.2, 0.25) is 0 Å². The molecule has 0 bridgehead atoms. The summed E-state index contributed by atoms with van der Waals surface area (Å²) in [6.07, 6.45) is -6.06. The van der Waals surface area contributed by atoms with Crippen molar-refractivity contribution < 1.29 is 41.8 Å². The van der Waals surface area contributed by atoms with E-state index in [2.05, 4.69) is 20.1 Å². The number of alkyl carbamates (subject to hydrolysis) is 1. The monoisotopic (exact) mass is 420 g/mol. The molecule has 162 valence electrons. The molecule has 0 saturated carbocycles. The molecule has 0 radical (unpaired) electrons. The fourth-order valence-electron chi connectivity index (χ4n) is 2.14. The van der Waals surface area contributed by atoms with Crippen molar-refractivity contribution in [1.29, 1.82) is 0 Å². The van der Waals surface area contributed by atoms with Gasteiger partial charge in [0, 0.05) is 0 Å². The molecule has 0 aliphatic rings. The van der Waals surface area contributed by atoms with Crippen molar-refractivity contribution in [3.63, 3.8) is 0 Å². The van der Waals surface area contributed by atoms with Gasteiger partial charge in [-0.05, 0) is 38.5 Å². The Hall–Kier alpha value is -2.98. The summed E-state index contributed by atoms with van der Waals surface area (Å²) in [5.41, 5.74) is -0.574. The zero-order valence-electron chi connectivity index (χ0n) is 16.4. The minimum atomic E-state index is -4.89. The molecule has 1 aromatic rings. The van der Waals surface area contributed by atoms with E-state index in [1.54, 1.807) is 20.8 Å². The molecule has 1 rings (SSSR count). The Morgan fingerprint density at radius 2 is 1.79 bits per heavy atom. The van der Waals surface area contributed by atoms with Gasteiger partial charge in [-0.2, -0.15) is 0 Å². The number of hydrogen-bond donors (Lipinski definition) is 2. The molecule has 0 spiro atoms. The summed E-state index contributed by atoms with van der Waals surface area (Å²) in [5, 5.41) is 4.70. The van der Waals surface area contributed by atoms with Crippen LogP contribution in [0, 0.1) is 0 Å². The average Bonchev–Trinajstić information content (AvgIpc) is 2.56. The highest BCUT2D eigenvalue weighted by molar-refractivity contribution is 5.83. The van der Waals surface area contributed by atoms with Crippen LogP contribution in [-0.2, 0) is 19.1 Å². The van der Waals surface area contributed by atoms with Crippen LogP contribution in [-0.4, -0.2) is 43.6 Å². The number of carbonyl (C=O) groups is 3. The molecular weight excluding hydrogens is 397 g/mol. The third-order valence-corrected chi connectivity index (χ3v) is 3.22. The van der Waals surface area contributed by atoms with Gasteiger partial charge in [0.15, 0.2) is 0 Å². The first kappa shape index (κ1) is 24.1.